The molecule has 6 nitrogen and oxygen atoms in total. The number of carbonyl (C=O) groups is 1. The van der Waals surface area contributed by atoms with E-state index in [1.165, 1.54) is 25.3 Å². The van der Waals surface area contributed by atoms with Gasteiger partial charge in [0.05, 0.1) is 18.7 Å². The van der Waals surface area contributed by atoms with E-state index >= 15 is 0 Å². The van der Waals surface area contributed by atoms with Crippen LogP contribution in [0.4, 0.5) is 5.69 Å². The van der Waals surface area contributed by atoms with Crippen LogP contribution < -0.4 is 14.8 Å². The Labute approximate surface area is 156 Å². The number of halogens is 1. The minimum absolute atomic E-state index is 0.0627. The Balaban J connectivity index is 2.29. The highest BCUT2D eigenvalue weighted by atomic mass is 35.5. The summed E-state index contributed by atoms with van der Waals surface area (Å²) in [6, 6.07) is 11.6. The van der Waals surface area contributed by atoms with Crippen LogP contribution in [-0.2, 0) is 4.79 Å². The number of nitrogens with zero attached hydrogens (tertiary/aromatic N) is 1. The maximum Gasteiger partial charge on any atom is 0.266 e. The molecule has 7 heteroatoms. The number of rotatable bonds is 6. The number of methoxy groups -OCH3 is 1. The van der Waals surface area contributed by atoms with Gasteiger partial charge in [-0.2, -0.15) is 5.26 Å². The van der Waals surface area contributed by atoms with Gasteiger partial charge in [0, 0.05) is 11.8 Å². The number of aromatic hydroxyl groups is 1. The predicted octanol–water partition coefficient (Wildman–Crippen LogP) is 4.00. The molecule has 134 valence electrons. The summed E-state index contributed by atoms with van der Waals surface area (Å²) in [7, 11) is 1.52. The second kappa shape index (κ2) is 8.79. The lowest BCUT2D eigenvalue weighted by Crippen LogP contribution is -2.13. The molecule has 0 heterocycles. The van der Waals surface area contributed by atoms with Crippen LogP contribution in [0.1, 0.15) is 12.5 Å². The molecule has 0 aliphatic heterocycles. The number of hydrogen-bond donors (Lipinski definition) is 2. The van der Waals surface area contributed by atoms with E-state index in [0.29, 0.717) is 23.6 Å². The van der Waals surface area contributed by atoms with Gasteiger partial charge in [-0.1, -0.05) is 17.7 Å². The van der Waals surface area contributed by atoms with E-state index in [1.54, 1.807) is 31.2 Å². The molecule has 0 saturated carbocycles. The maximum atomic E-state index is 12.4. The number of ether oxygens (including phenoxy) is 2. The summed E-state index contributed by atoms with van der Waals surface area (Å²) in [5, 5.41) is 21.9. The van der Waals surface area contributed by atoms with Crippen molar-refractivity contribution in [2.75, 3.05) is 19.0 Å². The molecule has 0 radical (unpaired) electrons. The molecule has 0 aromatic heterocycles. The van der Waals surface area contributed by atoms with Gasteiger partial charge in [0.15, 0.2) is 11.5 Å². The summed E-state index contributed by atoms with van der Waals surface area (Å²) in [6.45, 7) is 2.09. The highest BCUT2D eigenvalue weighted by Gasteiger charge is 2.13. The largest absolute Gasteiger partial charge is 0.503 e. The molecule has 0 aliphatic rings. The highest BCUT2D eigenvalue weighted by molar-refractivity contribution is 6.32. The lowest BCUT2D eigenvalue weighted by Gasteiger charge is -2.09. The number of benzene rings is 2. The molecule has 0 aliphatic carbocycles. The molecule has 2 rings (SSSR count). The van der Waals surface area contributed by atoms with Crippen molar-refractivity contribution in [3.63, 3.8) is 0 Å². The van der Waals surface area contributed by atoms with E-state index in [2.05, 4.69) is 5.32 Å². The van der Waals surface area contributed by atoms with Crippen molar-refractivity contribution in [1.29, 1.82) is 5.26 Å². The summed E-state index contributed by atoms with van der Waals surface area (Å²) in [5.74, 6) is -0.0124. The van der Waals surface area contributed by atoms with Crippen LogP contribution in [0.3, 0.4) is 0 Å². The molecule has 0 spiro atoms. The molecular formula is C19H17ClN2O4. The second-order valence-corrected chi connectivity index (χ2v) is 5.55. The van der Waals surface area contributed by atoms with Gasteiger partial charge in [-0.05, 0) is 42.8 Å². The zero-order valence-electron chi connectivity index (χ0n) is 14.2. The van der Waals surface area contributed by atoms with Gasteiger partial charge in [-0.25, -0.2) is 0 Å². The zero-order chi connectivity index (χ0) is 19.1. The number of nitrogens with one attached hydrogen (secondary N) is 1. The molecule has 2 aromatic carbocycles. The van der Waals surface area contributed by atoms with Crippen LogP contribution >= 0.6 is 11.6 Å². The molecule has 26 heavy (non-hydrogen) atoms. The number of nitriles is 1. The van der Waals surface area contributed by atoms with E-state index < -0.39 is 5.91 Å². The molecule has 0 fully saturated rings. The van der Waals surface area contributed by atoms with Crippen molar-refractivity contribution in [3.05, 3.63) is 52.6 Å². The average molecular weight is 373 g/mol. The first-order chi connectivity index (χ1) is 12.5. The summed E-state index contributed by atoms with van der Waals surface area (Å²) >= 11 is 5.97. The van der Waals surface area contributed by atoms with Crippen molar-refractivity contribution in [2.45, 2.75) is 6.92 Å². The van der Waals surface area contributed by atoms with Gasteiger partial charge >= 0.3 is 0 Å². The summed E-state index contributed by atoms with van der Waals surface area (Å²) in [4.78, 5) is 12.4. The number of phenols is 1. The molecule has 0 atom stereocenters. The third-order valence-electron chi connectivity index (χ3n) is 3.35. The Hall–Kier alpha value is -3.17. The summed E-state index contributed by atoms with van der Waals surface area (Å²) in [5.41, 5.74) is 0.819. The summed E-state index contributed by atoms with van der Waals surface area (Å²) in [6.07, 6.45) is 1.36. The van der Waals surface area contributed by atoms with Crippen molar-refractivity contribution in [3.8, 4) is 23.3 Å². The summed E-state index contributed by atoms with van der Waals surface area (Å²) < 4.78 is 10.4. The van der Waals surface area contributed by atoms with E-state index in [1.807, 2.05) is 6.07 Å². The smallest absolute Gasteiger partial charge is 0.266 e. The van der Waals surface area contributed by atoms with Gasteiger partial charge in [0.1, 0.15) is 17.4 Å². The Morgan fingerprint density at radius 2 is 2.15 bits per heavy atom. The Bertz CT molecular complexity index is 888. The van der Waals surface area contributed by atoms with Crippen LogP contribution in [0.5, 0.6) is 17.2 Å². The van der Waals surface area contributed by atoms with Crippen molar-refractivity contribution in [2.24, 2.45) is 0 Å². The maximum absolute atomic E-state index is 12.4. The molecule has 0 unspecified atom stereocenters. The fourth-order valence-electron chi connectivity index (χ4n) is 2.16. The fraction of sp³-hybridized carbons (Fsp3) is 0.158. The van der Waals surface area contributed by atoms with Gasteiger partial charge in [-0.3, -0.25) is 4.79 Å². The quantitative estimate of drug-likeness (QED) is 0.590. The number of carbonyl (C=O) groups excluding carboxylic acids is 1. The Morgan fingerprint density at radius 1 is 1.38 bits per heavy atom. The first-order valence-corrected chi connectivity index (χ1v) is 8.08. The molecular weight excluding hydrogens is 356 g/mol. The normalized spacial score (nSPS) is 10.8. The minimum atomic E-state index is -0.581. The second-order valence-electron chi connectivity index (χ2n) is 5.14. The minimum Gasteiger partial charge on any atom is -0.503 e. The van der Waals surface area contributed by atoms with Crippen LogP contribution in [-0.4, -0.2) is 24.7 Å². The SMILES string of the molecule is CCOc1cc(C=C(C#N)C(=O)Nc2cccc(OC)c2)cc(Cl)c1O. The molecule has 1 amide bonds. The van der Waals surface area contributed by atoms with Crippen molar-refractivity contribution in [1.82, 2.24) is 0 Å². The topological polar surface area (TPSA) is 91.6 Å². The average Bonchev–Trinajstić information content (AvgIpc) is 2.63. The molecule has 0 bridgehead atoms. The first-order valence-electron chi connectivity index (χ1n) is 7.71. The number of phenolic OH excluding ortho intramolecular Hbond substituents is 1. The van der Waals surface area contributed by atoms with E-state index in [-0.39, 0.29) is 22.1 Å². The lowest BCUT2D eigenvalue weighted by atomic mass is 10.1. The number of amides is 1. The van der Waals surface area contributed by atoms with Crippen molar-refractivity contribution < 1.29 is 19.4 Å². The van der Waals surface area contributed by atoms with Crippen LogP contribution in [0.15, 0.2) is 42.0 Å². The predicted molar refractivity (Wildman–Crippen MR) is 99.5 cm³/mol. The van der Waals surface area contributed by atoms with Gasteiger partial charge in [0.2, 0.25) is 0 Å². The number of anilines is 1. The highest BCUT2D eigenvalue weighted by Crippen LogP contribution is 2.35. The fourth-order valence-corrected chi connectivity index (χ4v) is 2.38. The van der Waals surface area contributed by atoms with Gasteiger partial charge < -0.3 is 19.9 Å². The van der Waals surface area contributed by atoms with E-state index in [9.17, 15) is 15.2 Å². The van der Waals surface area contributed by atoms with Crippen LogP contribution in [0.2, 0.25) is 5.02 Å². The third-order valence-corrected chi connectivity index (χ3v) is 3.64. The Kier molecular flexibility index (Phi) is 6.48. The monoisotopic (exact) mass is 372 g/mol. The third kappa shape index (κ3) is 4.68. The number of hydrogen-bond acceptors (Lipinski definition) is 5. The molecule has 0 saturated heterocycles. The first kappa shape index (κ1) is 19.2. The standard InChI is InChI=1S/C19H17ClN2O4/c1-3-26-17-9-12(8-16(20)18(17)23)7-13(11-21)19(24)22-14-5-4-6-15(10-14)25-2/h4-10,23H,3H2,1-2H3,(H,22,24). The van der Waals surface area contributed by atoms with Crippen LogP contribution in [0, 0.1) is 11.3 Å². The van der Waals surface area contributed by atoms with Gasteiger partial charge in [-0.15, -0.1) is 0 Å². The molecule has 2 N–H and O–H groups in total. The zero-order valence-corrected chi connectivity index (χ0v) is 15.0. The van der Waals surface area contributed by atoms with Gasteiger partial charge in [0.25, 0.3) is 5.91 Å². The lowest BCUT2D eigenvalue weighted by molar-refractivity contribution is -0.112. The Morgan fingerprint density at radius 3 is 2.81 bits per heavy atom. The van der Waals surface area contributed by atoms with Crippen LogP contribution in [0.25, 0.3) is 6.08 Å². The van der Waals surface area contributed by atoms with E-state index in [4.69, 9.17) is 21.1 Å². The van der Waals surface area contributed by atoms with E-state index in [0.717, 1.165) is 0 Å². The molecule has 2 aromatic rings. The van der Waals surface area contributed by atoms with Crippen molar-refractivity contribution >= 4 is 29.3 Å².